The minimum Gasteiger partial charge on any atom is -0.315 e. The molecule has 6 heteroatoms. The first kappa shape index (κ1) is 16.3. The molecule has 1 aliphatic rings. The van der Waals surface area contributed by atoms with E-state index < -0.39 is 10.2 Å². The highest BCUT2D eigenvalue weighted by molar-refractivity contribution is 7.90. The minimum absolute atomic E-state index is 0.0477. The molecule has 0 amide bonds. The Hall–Kier alpha value is -1.11. The zero-order valence-electron chi connectivity index (χ0n) is 12.6. The van der Waals surface area contributed by atoms with Gasteiger partial charge in [-0.25, -0.2) is 0 Å². The maximum absolute atomic E-state index is 12.6. The molecule has 1 saturated heterocycles. The molecular formula is C15H25N3O2S. The summed E-state index contributed by atoms with van der Waals surface area (Å²) in [5.41, 5.74) is 0.614. The number of para-hydroxylation sites is 1. The third-order valence-corrected chi connectivity index (χ3v) is 5.30. The van der Waals surface area contributed by atoms with E-state index >= 15 is 0 Å². The Bertz CT molecular complexity index is 519. The molecule has 21 heavy (non-hydrogen) atoms. The van der Waals surface area contributed by atoms with E-state index in [1.165, 1.54) is 0 Å². The third kappa shape index (κ3) is 4.69. The zero-order valence-corrected chi connectivity index (χ0v) is 13.4. The molecule has 1 aromatic carbocycles. The molecule has 1 unspecified atom stereocenters. The maximum Gasteiger partial charge on any atom is 0.301 e. The summed E-state index contributed by atoms with van der Waals surface area (Å²) >= 11 is 0. The van der Waals surface area contributed by atoms with E-state index in [9.17, 15) is 8.42 Å². The van der Waals surface area contributed by atoms with Gasteiger partial charge >= 0.3 is 10.2 Å². The van der Waals surface area contributed by atoms with E-state index in [0.717, 1.165) is 38.8 Å². The lowest BCUT2D eigenvalue weighted by molar-refractivity contribution is 0.247. The van der Waals surface area contributed by atoms with Crippen LogP contribution in [0.4, 0.5) is 5.69 Å². The van der Waals surface area contributed by atoms with Crippen molar-refractivity contribution in [1.82, 2.24) is 9.62 Å². The van der Waals surface area contributed by atoms with Crippen LogP contribution >= 0.6 is 0 Å². The predicted molar refractivity (Wildman–Crippen MR) is 86.5 cm³/mol. The lowest BCUT2D eigenvalue weighted by Crippen LogP contribution is -2.50. The highest BCUT2D eigenvalue weighted by Gasteiger charge is 2.31. The van der Waals surface area contributed by atoms with Crippen molar-refractivity contribution in [1.29, 1.82) is 0 Å². The third-order valence-electron chi connectivity index (χ3n) is 3.71. The quantitative estimate of drug-likeness (QED) is 0.759. The molecule has 0 saturated carbocycles. The van der Waals surface area contributed by atoms with Crippen molar-refractivity contribution in [2.24, 2.45) is 0 Å². The van der Waals surface area contributed by atoms with Gasteiger partial charge in [0.2, 0.25) is 0 Å². The second-order valence-corrected chi connectivity index (χ2v) is 7.06. The van der Waals surface area contributed by atoms with E-state index in [4.69, 9.17) is 0 Å². The molecule has 118 valence electrons. The van der Waals surface area contributed by atoms with Crippen LogP contribution in [-0.2, 0) is 10.2 Å². The van der Waals surface area contributed by atoms with Crippen LogP contribution in [0.25, 0.3) is 0 Å². The van der Waals surface area contributed by atoms with Crippen molar-refractivity contribution in [2.45, 2.75) is 38.6 Å². The van der Waals surface area contributed by atoms with Crippen LogP contribution in [0, 0.1) is 0 Å². The first-order valence-corrected chi connectivity index (χ1v) is 9.13. The number of piperidine rings is 1. The lowest BCUT2D eigenvalue weighted by atomic mass is 10.1. The van der Waals surface area contributed by atoms with Crippen LogP contribution in [0.3, 0.4) is 0 Å². The van der Waals surface area contributed by atoms with Crippen LogP contribution < -0.4 is 10.0 Å². The molecule has 1 atom stereocenters. The number of rotatable bonds is 7. The Morgan fingerprint density at radius 1 is 1.24 bits per heavy atom. The van der Waals surface area contributed by atoms with Gasteiger partial charge in [0.1, 0.15) is 0 Å². The molecule has 1 fully saturated rings. The Morgan fingerprint density at radius 2 is 2.00 bits per heavy atom. The van der Waals surface area contributed by atoms with Gasteiger partial charge in [0.05, 0.1) is 0 Å². The molecule has 0 radical (unpaired) electrons. The Labute approximate surface area is 127 Å². The number of anilines is 1. The van der Waals surface area contributed by atoms with Crippen LogP contribution in [0.5, 0.6) is 0 Å². The van der Waals surface area contributed by atoms with Crippen LogP contribution in [0.2, 0.25) is 0 Å². The number of nitrogens with zero attached hydrogens (tertiary/aromatic N) is 1. The molecule has 0 spiro atoms. The van der Waals surface area contributed by atoms with Gasteiger partial charge in [-0.2, -0.15) is 12.7 Å². The smallest absolute Gasteiger partial charge is 0.301 e. The second kappa shape index (κ2) is 7.77. The lowest BCUT2D eigenvalue weighted by Gasteiger charge is -2.34. The van der Waals surface area contributed by atoms with Crippen LogP contribution in [0.1, 0.15) is 32.6 Å². The van der Waals surface area contributed by atoms with Crippen molar-refractivity contribution < 1.29 is 8.42 Å². The van der Waals surface area contributed by atoms with E-state index in [1.54, 1.807) is 16.4 Å². The normalized spacial score (nSPS) is 20.3. The standard InChI is InChI=1S/C15H25N3O2S/c1-2-11-16-13-15-10-6-7-12-18(15)21(19,20)17-14-8-4-3-5-9-14/h3-5,8-9,15-17H,2,6-7,10-13H2,1H3. The van der Waals surface area contributed by atoms with Crippen molar-refractivity contribution in [2.75, 3.05) is 24.4 Å². The van der Waals surface area contributed by atoms with E-state index in [-0.39, 0.29) is 6.04 Å². The number of benzene rings is 1. The minimum atomic E-state index is -3.48. The van der Waals surface area contributed by atoms with E-state index in [0.29, 0.717) is 12.2 Å². The van der Waals surface area contributed by atoms with Crippen molar-refractivity contribution in [3.63, 3.8) is 0 Å². The molecule has 5 nitrogen and oxygen atoms in total. The number of hydrogen-bond acceptors (Lipinski definition) is 3. The Kier molecular flexibility index (Phi) is 6.02. The average Bonchev–Trinajstić information content (AvgIpc) is 2.48. The molecule has 0 aliphatic carbocycles. The Morgan fingerprint density at radius 3 is 2.71 bits per heavy atom. The van der Waals surface area contributed by atoms with Crippen molar-refractivity contribution in [3.05, 3.63) is 30.3 Å². The molecular weight excluding hydrogens is 286 g/mol. The summed E-state index contributed by atoms with van der Waals surface area (Å²) in [5.74, 6) is 0. The summed E-state index contributed by atoms with van der Waals surface area (Å²) in [6.07, 6.45) is 4.00. The summed E-state index contributed by atoms with van der Waals surface area (Å²) in [5, 5.41) is 3.34. The summed E-state index contributed by atoms with van der Waals surface area (Å²) in [6, 6.07) is 9.11. The fraction of sp³-hybridized carbons (Fsp3) is 0.600. The fourth-order valence-corrected chi connectivity index (χ4v) is 4.15. The molecule has 2 N–H and O–H groups in total. The van der Waals surface area contributed by atoms with Gasteiger partial charge in [-0.3, -0.25) is 4.72 Å². The largest absolute Gasteiger partial charge is 0.315 e. The molecule has 2 rings (SSSR count). The summed E-state index contributed by atoms with van der Waals surface area (Å²) < 4.78 is 29.5. The highest BCUT2D eigenvalue weighted by atomic mass is 32.2. The van der Waals surface area contributed by atoms with Crippen LogP contribution in [0.15, 0.2) is 30.3 Å². The molecule has 1 aliphatic heterocycles. The first-order valence-electron chi connectivity index (χ1n) is 7.69. The Balaban J connectivity index is 2.04. The second-order valence-electron chi connectivity index (χ2n) is 5.44. The van der Waals surface area contributed by atoms with Gasteiger partial charge < -0.3 is 5.32 Å². The van der Waals surface area contributed by atoms with Gasteiger partial charge in [-0.1, -0.05) is 31.5 Å². The monoisotopic (exact) mass is 311 g/mol. The van der Waals surface area contributed by atoms with Gasteiger partial charge in [0.25, 0.3) is 0 Å². The topological polar surface area (TPSA) is 61.4 Å². The van der Waals surface area contributed by atoms with Crippen LogP contribution in [-0.4, -0.2) is 38.4 Å². The van der Waals surface area contributed by atoms with E-state index in [1.807, 2.05) is 18.2 Å². The summed E-state index contributed by atoms with van der Waals surface area (Å²) in [6.45, 7) is 4.36. The number of hydrogen-bond donors (Lipinski definition) is 2. The van der Waals surface area contributed by atoms with Crippen molar-refractivity contribution >= 4 is 15.9 Å². The molecule has 1 heterocycles. The fourth-order valence-electron chi connectivity index (χ4n) is 2.65. The molecule has 0 bridgehead atoms. The van der Waals surface area contributed by atoms with Gasteiger partial charge in [0.15, 0.2) is 0 Å². The van der Waals surface area contributed by atoms with E-state index in [2.05, 4.69) is 17.0 Å². The summed E-state index contributed by atoms with van der Waals surface area (Å²) in [4.78, 5) is 0. The summed E-state index contributed by atoms with van der Waals surface area (Å²) in [7, 11) is -3.48. The maximum atomic E-state index is 12.6. The van der Waals surface area contributed by atoms with Gasteiger partial charge in [0, 0.05) is 24.8 Å². The SMILES string of the molecule is CCCNCC1CCCCN1S(=O)(=O)Nc1ccccc1. The molecule has 1 aromatic rings. The van der Waals surface area contributed by atoms with Crippen molar-refractivity contribution in [3.8, 4) is 0 Å². The van der Waals surface area contributed by atoms with Gasteiger partial charge in [-0.15, -0.1) is 0 Å². The average molecular weight is 311 g/mol. The highest BCUT2D eigenvalue weighted by Crippen LogP contribution is 2.21. The predicted octanol–water partition coefficient (Wildman–Crippen LogP) is 2.20. The first-order chi connectivity index (χ1) is 10.1. The zero-order chi connectivity index (χ0) is 15.1. The molecule has 0 aromatic heterocycles. The number of nitrogens with one attached hydrogen (secondary N) is 2. The van der Waals surface area contributed by atoms with Gasteiger partial charge in [-0.05, 0) is 37.9 Å².